The second-order valence-corrected chi connectivity index (χ2v) is 8.73. The van der Waals surface area contributed by atoms with Crippen LogP contribution in [0, 0.1) is 18.6 Å². The van der Waals surface area contributed by atoms with Gasteiger partial charge in [0.25, 0.3) is 0 Å². The highest BCUT2D eigenvalue weighted by Crippen LogP contribution is 2.45. The molecule has 1 aromatic carbocycles. The van der Waals surface area contributed by atoms with Crippen LogP contribution in [0.5, 0.6) is 0 Å². The van der Waals surface area contributed by atoms with Gasteiger partial charge in [-0.3, -0.25) is 4.57 Å². The van der Waals surface area contributed by atoms with E-state index in [0.29, 0.717) is 30.5 Å². The summed E-state index contributed by atoms with van der Waals surface area (Å²) in [6.07, 6.45) is 2.47. The van der Waals surface area contributed by atoms with E-state index in [1.807, 2.05) is 11.5 Å². The van der Waals surface area contributed by atoms with Crippen LogP contribution in [0.2, 0.25) is 0 Å². The maximum absolute atomic E-state index is 14.5. The van der Waals surface area contributed by atoms with Gasteiger partial charge in [-0.15, -0.1) is 15.3 Å². The summed E-state index contributed by atoms with van der Waals surface area (Å²) >= 11 is 1.06. The molecule has 33 heavy (non-hydrogen) atoms. The van der Waals surface area contributed by atoms with E-state index in [9.17, 15) is 8.78 Å². The van der Waals surface area contributed by atoms with E-state index < -0.39 is 17.2 Å². The number of ether oxygens (including phenoxy) is 1. The molecule has 0 N–H and O–H groups in total. The number of benzene rings is 1. The van der Waals surface area contributed by atoms with Gasteiger partial charge < -0.3 is 9.64 Å². The van der Waals surface area contributed by atoms with Gasteiger partial charge in [-0.05, 0) is 37.0 Å². The van der Waals surface area contributed by atoms with Crippen molar-refractivity contribution in [3.8, 4) is 27.6 Å². The van der Waals surface area contributed by atoms with Crippen molar-refractivity contribution in [3.05, 3.63) is 47.7 Å². The van der Waals surface area contributed by atoms with Gasteiger partial charge in [0.2, 0.25) is 0 Å². The molecule has 0 saturated carbocycles. The lowest BCUT2D eigenvalue weighted by Crippen LogP contribution is -2.58. The average Bonchev–Trinajstić information content (AvgIpc) is 3.46. The van der Waals surface area contributed by atoms with Crippen LogP contribution in [0.4, 0.5) is 14.6 Å². The lowest BCUT2D eigenvalue weighted by molar-refractivity contribution is 0.0390. The van der Waals surface area contributed by atoms with Crippen LogP contribution < -0.4 is 4.90 Å². The first-order valence-corrected chi connectivity index (χ1v) is 11.2. The number of fused-ring (bicyclic) bond motifs is 6. The molecule has 0 spiro atoms. The zero-order chi connectivity index (χ0) is 22.7. The van der Waals surface area contributed by atoms with Gasteiger partial charge in [0.1, 0.15) is 39.3 Å². The van der Waals surface area contributed by atoms with E-state index in [4.69, 9.17) is 9.72 Å². The van der Waals surface area contributed by atoms with Gasteiger partial charge in [0, 0.05) is 18.2 Å². The number of aryl methyl sites for hydroxylation is 1. The fourth-order valence-corrected chi connectivity index (χ4v) is 5.23. The molecule has 2 aliphatic rings. The van der Waals surface area contributed by atoms with Crippen LogP contribution in [0.25, 0.3) is 27.6 Å². The number of nitrogens with zero attached hydrogens (tertiary/aromatic N) is 8. The van der Waals surface area contributed by atoms with Gasteiger partial charge in [-0.25, -0.2) is 18.7 Å². The zero-order valence-electron chi connectivity index (χ0n) is 17.8. The van der Waals surface area contributed by atoms with E-state index in [0.717, 1.165) is 47.2 Å². The molecule has 0 unspecified atom stereocenters. The van der Waals surface area contributed by atoms with Gasteiger partial charge >= 0.3 is 0 Å². The van der Waals surface area contributed by atoms with E-state index >= 15 is 0 Å². The SMILES string of the molecule is CC[C@]12COCCN1c1nc(-c3snnc3-c3ccc(F)cc3F)ncc1-n1c(C)nnc12. The molecule has 1 atom stereocenters. The summed E-state index contributed by atoms with van der Waals surface area (Å²) in [6, 6.07) is 3.36. The number of morpholine rings is 1. The van der Waals surface area contributed by atoms with Crippen molar-refractivity contribution in [2.45, 2.75) is 25.8 Å². The first-order valence-electron chi connectivity index (χ1n) is 10.5. The zero-order valence-corrected chi connectivity index (χ0v) is 18.6. The third-order valence-electron chi connectivity index (χ3n) is 6.27. The highest BCUT2D eigenvalue weighted by Gasteiger charge is 2.49. The van der Waals surface area contributed by atoms with Crippen molar-refractivity contribution in [1.29, 1.82) is 0 Å². The lowest BCUT2D eigenvalue weighted by atomic mass is 9.90. The van der Waals surface area contributed by atoms with Gasteiger partial charge in [0.15, 0.2) is 17.5 Å². The Balaban J connectivity index is 1.54. The molecule has 6 rings (SSSR count). The van der Waals surface area contributed by atoms with Crippen molar-refractivity contribution in [3.63, 3.8) is 0 Å². The third-order valence-corrected chi connectivity index (χ3v) is 6.99. The van der Waals surface area contributed by atoms with Crippen molar-refractivity contribution in [1.82, 2.24) is 34.3 Å². The number of halogens is 2. The normalized spacial score (nSPS) is 19.2. The molecule has 168 valence electrons. The predicted molar refractivity (Wildman–Crippen MR) is 116 cm³/mol. The number of aromatic nitrogens is 7. The molecule has 0 aliphatic carbocycles. The minimum absolute atomic E-state index is 0.146. The van der Waals surface area contributed by atoms with Crippen LogP contribution in [-0.4, -0.2) is 54.1 Å². The van der Waals surface area contributed by atoms with Crippen molar-refractivity contribution < 1.29 is 13.5 Å². The summed E-state index contributed by atoms with van der Waals surface area (Å²) in [5.74, 6) is 1.25. The molecular weight excluding hydrogens is 450 g/mol. The van der Waals surface area contributed by atoms with E-state index in [2.05, 4.69) is 36.6 Å². The molecular formula is C21H18F2N8OS. The van der Waals surface area contributed by atoms with Crippen molar-refractivity contribution in [2.75, 3.05) is 24.7 Å². The molecule has 9 nitrogen and oxygen atoms in total. The summed E-state index contributed by atoms with van der Waals surface area (Å²) in [6.45, 7) is 5.63. The molecule has 4 aromatic rings. The Hall–Kier alpha value is -3.38. The number of anilines is 1. The molecule has 2 aliphatic heterocycles. The summed E-state index contributed by atoms with van der Waals surface area (Å²) in [5, 5.41) is 12.9. The molecule has 3 aromatic heterocycles. The summed E-state index contributed by atoms with van der Waals surface area (Å²) in [7, 11) is 0. The summed E-state index contributed by atoms with van der Waals surface area (Å²) in [4.78, 5) is 12.2. The fourth-order valence-electron chi connectivity index (χ4n) is 4.61. The summed E-state index contributed by atoms with van der Waals surface area (Å²) < 4.78 is 39.7. The minimum Gasteiger partial charge on any atom is -0.377 e. The van der Waals surface area contributed by atoms with E-state index in [1.54, 1.807) is 6.20 Å². The Kier molecular flexibility index (Phi) is 4.49. The van der Waals surface area contributed by atoms with Crippen LogP contribution in [-0.2, 0) is 10.3 Å². The molecule has 1 saturated heterocycles. The fraction of sp³-hybridized carbons (Fsp3) is 0.333. The number of hydrogen-bond donors (Lipinski definition) is 0. The Morgan fingerprint density at radius 1 is 1.21 bits per heavy atom. The Morgan fingerprint density at radius 3 is 2.91 bits per heavy atom. The van der Waals surface area contributed by atoms with Gasteiger partial charge in [-0.2, -0.15) is 0 Å². The van der Waals surface area contributed by atoms with Crippen LogP contribution in [0.1, 0.15) is 25.0 Å². The quantitative estimate of drug-likeness (QED) is 0.452. The molecule has 5 heterocycles. The molecule has 0 amide bonds. The number of hydrogen-bond acceptors (Lipinski definition) is 9. The van der Waals surface area contributed by atoms with E-state index in [-0.39, 0.29) is 11.3 Å². The first-order chi connectivity index (χ1) is 16.0. The standard InChI is InChI=1S/C21H18F2N8OS/c1-3-21-10-32-7-6-30(21)19-15(31-11(2)26-28-20(21)31)9-24-18(25-19)17-16(27-29-33-17)13-5-4-12(22)8-14(13)23/h4-5,8-9H,3,6-7,10H2,1-2H3/t21-/m1/s1. The minimum atomic E-state index is -0.718. The van der Waals surface area contributed by atoms with Crippen LogP contribution in [0.15, 0.2) is 24.4 Å². The van der Waals surface area contributed by atoms with Gasteiger partial charge in [0.05, 0.1) is 19.4 Å². The molecule has 12 heteroatoms. The number of rotatable bonds is 3. The van der Waals surface area contributed by atoms with Gasteiger partial charge in [-0.1, -0.05) is 11.4 Å². The van der Waals surface area contributed by atoms with Crippen LogP contribution >= 0.6 is 11.5 Å². The monoisotopic (exact) mass is 468 g/mol. The van der Waals surface area contributed by atoms with Crippen LogP contribution in [0.3, 0.4) is 0 Å². The highest BCUT2D eigenvalue weighted by atomic mass is 32.1. The van der Waals surface area contributed by atoms with E-state index in [1.165, 1.54) is 12.1 Å². The van der Waals surface area contributed by atoms with Crippen molar-refractivity contribution in [2.24, 2.45) is 0 Å². The molecule has 1 fully saturated rings. The Morgan fingerprint density at radius 2 is 2.09 bits per heavy atom. The lowest BCUT2D eigenvalue weighted by Gasteiger charge is -2.49. The Bertz CT molecular complexity index is 1390. The molecule has 0 radical (unpaired) electrons. The average molecular weight is 468 g/mol. The topological polar surface area (TPSA) is 94.7 Å². The Labute approximate surface area is 191 Å². The maximum Gasteiger partial charge on any atom is 0.175 e. The highest BCUT2D eigenvalue weighted by molar-refractivity contribution is 7.09. The first kappa shape index (κ1) is 20.2. The van der Waals surface area contributed by atoms with Crippen molar-refractivity contribution >= 4 is 17.4 Å². The molecule has 0 bridgehead atoms. The smallest absolute Gasteiger partial charge is 0.175 e. The second kappa shape index (κ2) is 7.32. The third kappa shape index (κ3) is 2.83. The maximum atomic E-state index is 14.5. The largest absolute Gasteiger partial charge is 0.377 e. The second-order valence-electron chi connectivity index (χ2n) is 7.97. The predicted octanol–water partition coefficient (Wildman–Crippen LogP) is 3.28. The summed E-state index contributed by atoms with van der Waals surface area (Å²) in [5.41, 5.74) is 0.691.